The van der Waals surface area contributed by atoms with Crippen molar-refractivity contribution in [3.05, 3.63) is 53.1 Å². The number of urea groups is 1. The molecule has 0 radical (unpaired) electrons. The average Bonchev–Trinajstić information content (AvgIpc) is 2.97. The summed E-state index contributed by atoms with van der Waals surface area (Å²) in [6, 6.07) is 13.2. The molecule has 0 unspecified atom stereocenters. The van der Waals surface area contributed by atoms with E-state index in [1.54, 1.807) is 6.07 Å². The number of fused-ring (bicyclic) bond motifs is 1. The fraction of sp³-hybridized carbons (Fsp3) is 0.350. The topological polar surface area (TPSA) is 50.8 Å². The van der Waals surface area contributed by atoms with Crippen molar-refractivity contribution in [3.63, 3.8) is 0 Å². The van der Waals surface area contributed by atoms with Crippen molar-refractivity contribution in [2.45, 2.75) is 31.7 Å². The molecule has 2 amide bonds. The van der Waals surface area contributed by atoms with Crippen LogP contribution in [0.4, 0.5) is 10.5 Å². The first-order valence-corrected chi connectivity index (χ1v) is 9.31. The Labute approximate surface area is 157 Å². The number of ether oxygens (including phenoxy) is 2. The summed E-state index contributed by atoms with van der Waals surface area (Å²) >= 11 is 6.02. The summed E-state index contributed by atoms with van der Waals surface area (Å²) in [6.07, 6.45) is 4.22. The third-order valence-electron chi connectivity index (χ3n) is 4.89. The normalized spacial score (nSPS) is 19.1. The highest BCUT2D eigenvalue weighted by Crippen LogP contribution is 2.35. The number of hydrogen-bond acceptors (Lipinski definition) is 3. The molecule has 1 N–H and O–H groups in total. The van der Waals surface area contributed by atoms with Gasteiger partial charge >= 0.3 is 6.03 Å². The van der Waals surface area contributed by atoms with Gasteiger partial charge in [0.1, 0.15) is 0 Å². The fourth-order valence-electron chi connectivity index (χ4n) is 3.55. The van der Waals surface area contributed by atoms with Crippen molar-refractivity contribution in [2.75, 3.05) is 18.7 Å². The van der Waals surface area contributed by atoms with Crippen molar-refractivity contribution >= 4 is 23.3 Å². The maximum absolute atomic E-state index is 13.0. The van der Waals surface area contributed by atoms with E-state index in [1.165, 1.54) is 0 Å². The number of nitrogens with one attached hydrogen (secondary N) is 1. The van der Waals surface area contributed by atoms with Crippen LogP contribution >= 0.6 is 11.6 Å². The third-order valence-corrected chi connectivity index (χ3v) is 5.14. The lowest BCUT2D eigenvalue weighted by Gasteiger charge is -2.30. The van der Waals surface area contributed by atoms with E-state index in [4.69, 9.17) is 21.1 Å². The molecule has 2 aliphatic heterocycles. The summed E-state index contributed by atoms with van der Waals surface area (Å²) in [5, 5.41) is 3.71. The molecule has 2 heterocycles. The molecule has 26 heavy (non-hydrogen) atoms. The van der Waals surface area contributed by atoms with Gasteiger partial charge < -0.3 is 19.7 Å². The molecular weight excluding hydrogens is 352 g/mol. The summed E-state index contributed by atoms with van der Waals surface area (Å²) in [4.78, 5) is 14.9. The van der Waals surface area contributed by atoms with Crippen LogP contribution in [-0.2, 0) is 0 Å². The number of hydrogen-bond donors (Lipinski definition) is 1. The Balaban J connectivity index is 1.54. The van der Waals surface area contributed by atoms with E-state index < -0.39 is 0 Å². The minimum Gasteiger partial charge on any atom is -0.454 e. The van der Waals surface area contributed by atoms with Gasteiger partial charge in [0.2, 0.25) is 6.79 Å². The zero-order valence-corrected chi connectivity index (χ0v) is 15.2. The minimum absolute atomic E-state index is 0.0591. The van der Waals surface area contributed by atoms with E-state index in [-0.39, 0.29) is 18.9 Å². The van der Waals surface area contributed by atoms with Crippen LogP contribution in [0.25, 0.3) is 0 Å². The van der Waals surface area contributed by atoms with Crippen LogP contribution in [0.3, 0.4) is 0 Å². The molecule has 0 aliphatic carbocycles. The Morgan fingerprint density at radius 3 is 2.69 bits per heavy atom. The molecule has 2 aromatic rings. The molecule has 0 bridgehead atoms. The minimum atomic E-state index is -0.0919. The number of nitrogens with zero attached hydrogens (tertiary/aromatic N) is 1. The number of rotatable bonds is 2. The lowest BCUT2D eigenvalue weighted by molar-refractivity contribution is 0.174. The fourth-order valence-corrected chi connectivity index (χ4v) is 3.68. The molecule has 6 heteroatoms. The monoisotopic (exact) mass is 372 g/mol. The van der Waals surface area contributed by atoms with Gasteiger partial charge in [0.05, 0.1) is 6.04 Å². The van der Waals surface area contributed by atoms with E-state index in [0.29, 0.717) is 22.2 Å². The Morgan fingerprint density at radius 1 is 1.04 bits per heavy atom. The Hall–Kier alpha value is -2.40. The quantitative estimate of drug-likeness (QED) is 0.786. The number of amides is 2. The predicted molar refractivity (Wildman–Crippen MR) is 101 cm³/mol. The van der Waals surface area contributed by atoms with E-state index in [1.807, 2.05) is 41.3 Å². The van der Waals surface area contributed by atoms with Gasteiger partial charge in [-0.3, -0.25) is 0 Å². The molecular formula is C20H21ClN2O3. The molecule has 1 fully saturated rings. The zero-order chi connectivity index (χ0) is 17.9. The first kappa shape index (κ1) is 17.0. The Kier molecular flexibility index (Phi) is 4.89. The number of likely N-dealkylation sites (tertiary alicyclic amines) is 1. The SMILES string of the molecule is O=C(Nc1ccc2c(c1)OCO2)N1CCCCC[C@H]1c1ccc(Cl)cc1. The highest BCUT2D eigenvalue weighted by molar-refractivity contribution is 6.30. The van der Waals surface area contributed by atoms with Crippen LogP contribution in [0.1, 0.15) is 37.3 Å². The van der Waals surface area contributed by atoms with E-state index >= 15 is 0 Å². The first-order chi connectivity index (χ1) is 12.7. The van der Waals surface area contributed by atoms with Crippen molar-refractivity contribution in [2.24, 2.45) is 0 Å². The van der Waals surface area contributed by atoms with Crippen LogP contribution in [0.15, 0.2) is 42.5 Å². The van der Waals surface area contributed by atoms with E-state index in [9.17, 15) is 4.79 Å². The summed E-state index contributed by atoms with van der Waals surface area (Å²) in [5.74, 6) is 1.37. The number of carbonyl (C=O) groups excluding carboxylic acids is 1. The van der Waals surface area contributed by atoms with Crippen molar-refractivity contribution in [1.82, 2.24) is 4.90 Å². The standard InChI is InChI=1S/C20H21ClN2O3/c21-15-7-5-14(6-8-15)17-4-2-1-3-11-23(17)20(24)22-16-9-10-18-19(12-16)26-13-25-18/h5-10,12,17H,1-4,11,13H2,(H,22,24)/t17-/m0/s1. The van der Waals surface area contributed by atoms with Gasteiger partial charge in [-0.05, 0) is 42.7 Å². The molecule has 1 atom stereocenters. The lowest BCUT2D eigenvalue weighted by atomic mass is 10.0. The van der Waals surface area contributed by atoms with Gasteiger partial charge in [0.25, 0.3) is 0 Å². The Morgan fingerprint density at radius 2 is 1.85 bits per heavy atom. The van der Waals surface area contributed by atoms with Crippen LogP contribution in [-0.4, -0.2) is 24.3 Å². The number of halogens is 1. The van der Waals surface area contributed by atoms with Crippen LogP contribution in [0.5, 0.6) is 11.5 Å². The molecule has 2 aliphatic rings. The number of anilines is 1. The molecule has 2 aromatic carbocycles. The average molecular weight is 373 g/mol. The number of benzene rings is 2. The maximum Gasteiger partial charge on any atom is 0.322 e. The third kappa shape index (κ3) is 3.58. The van der Waals surface area contributed by atoms with Crippen molar-refractivity contribution < 1.29 is 14.3 Å². The second-order valence-electron chi connectivity index (χ2n) is 6.61. The van der Waals surface area contributed by atoms with Gasteiger partial charge in [-0.2, -0.15) is 0 Å². The predicted octanol–water partition coefficient (Wildman–Crippen LogP) is 5.22. The smallest absolute Gasteiger partial charge is 0.322 e. The number of carbonyl (C=O) groups is 1. The van der Waals surface area contributed by atoms with Crippen LogP contribution < -0.4 is 14.8 Å². The molecule has 0 saturated carbocycles. The lowest BCUT2D eigenvalue weighted by Crippen LogP contribution is -2.38. The molecule has 5 nitrogen and oxygen atoms in total. The maximum atomic E-state index is 13.0. The molecule has 4 rings (SSSR count). The van der Waals surface area contributed by atoms with Crippen LogP contribution in [0, 0.1) is 0 Å². The zero-order valence-electron chi connectivity index (χ0n) is 14.4. The summed E-state index contributed by atoms with van der Waals surface area (Å²) in [7, 11) is 0. The van der Waals surface area contributed by atoms with E-state index in [2.05, 4.69) is 5.32 Å². The largest absolute Gasteiger partial charge is 0.454 e. The second kappa shape index (κ2) is 7.46. The van der Waals surface area contributed by atoms with Gasteiger partial charge in [-0.1, -0.05) is 36.6 Å². The van der Waals surface area contributed by atoms with E-state index in [0.717, 1.165) is 37.8 Å². The molecule has 0 aromatic heterocycles. The van der Waals surface area contributed by atoms with Crippen molar-refractivity contribution in [3.8, 4) is 11.5 Å². The summed E-state index contributed by atoms with van der Waals surface area (Å²) < 4.78 is 10.7. The van der Waals surface area contributed by atoms with Gasteiger partial charge in [0, 0.05) is 23.3 Å². The highest BCUT2D eigenvalue weighted by Gasteiger charge is 2.27. The van der Waals surface area contributed by atoms with Gasteiger partial charge in [-0.15, -0.1) is 0 Å². The van der Waals surface area contributed by atoms with Gasteiger partial charge in [-0.25, -0.2) is 4.79 Å². The molecule has 136 valence electrons. The highest BCUT2D eigenvalue weighted by atomic mass is 35.5. The summed E-state index contributed by atoms with van der Waals surface area (Å²) in [5.41, 5.74) is 1.83. The van der Waals surface area contributed by atoms with Gasteiger partial charge in [0.15, 0.2) is 11.5 Å². The molecule has 1 saturated heterocycles. The Bertz CT molecular complexity index is 794. The summed E-state index contributed by atoms with van der Waals surface area (Å²) in [6.45, 7) is 0.960. The van der Waals surface area contributed by atoms with Crippen molar-refractivity contribution in [1.29, 1.82) is 0 Å². The van der Waals surface area contributed by atoms with Crippen LogP contribution in [0.2, 0.25) is 5.02 Å². The first-order valence-electron chi connectivity index (χ1n) is 8.93. The second-order valence-corrected chi connectivity index (χ2v) is 7.04. The molecule has 0 spiro atoms.